The quantitative estimate of drug-likeness (QED) is 0.295. The van der Waals surface area contributed by atoms with Gasteiger partial charge in [-0.3, -0.25) is 4.79 Å². The Bertz CT molecular complexity index is 1230. The molecule has 10 heteroatoms. The number of carboxylic acid groups (broad SMARTS) is 1. The fraction of sp³-hybridized carbons (Fsp3) is 0.370. The van der Waals surface area contributed by atoms with Gasteiger partial charge in [-0.1, -0.05) is 42.5 Å². The van der Waals surface area contributed by atoms with Crippen molar-refractivity contribution in [1.82, 2.24) is 15.6 Å². The zero-order chi connectivity index (χ0) is 26.6. The van der Waals surface area contributed by atoms with E-state index in [2.05, 4.69) is 15.6 Å². The number of benzene rings is 2. The first-order valence-corrected chi connectivity index (χ1v) is 12.3. The van der Waals surface area contributed by atoms with Gasteiger partial charge in [-0.05, 0) is 58.1 Å². The lowest BCUT2D eigenvalue weighted by Gasteiger charge is -2.32. The molecular formula is C27H32BN3O6. The highest BCUT2D eigenvalue weighted by Crippen LogP contribution is 2.36. The molecule has 1 unspecified atom stereocenters. The molecular weight excluding hydrogens is 473 g/mol. The normalized spacial score (nSPS) is 16.8. The van der Waals surface area contributed by atoms with Gasteiger partial charge in [-0.15, -0.1) is 0 Å². The van der Waals surface area contributed by atoms with Crippen LogP contribution < -0.4 is 16.1 Å². The molecule has 3 aromatic rings. The van der Waals surface area contributed by atoms with Crippen LogP contribution in [0.3, 0.4) is 0 Å². The second-order valence-electron chi connectivity index (χ2n) is 10.0. The average Bonchev–Trinajstić information content (AvgIpc) is 3.43. The number of carbonyl (C=O) groups is 2. The Kier molecular flexibility index (Phi) is 7.70. The Labute approximate surface area is 216 Å². The van der Waals surface area contributed by atoms with Gasteiger partial charge in [-0.25, -0.2) is 9.78 Å². The van der Waals surface area contributed by atoms with Crippen LogP contribution in [0.15, 0.2) is 65.2 Å². The molecule has 0 radical (unpaired) electrons. The maximum absolute atomic E-state index is 13.3. The van der Waals surface area contributed by atoms with Gasteiger partial charge in [0.05, 0.1) is 17.4 Å². The summed E-state index contributed by atoms with van der Waals surface area (Å²) in [6.07, 6.45) is 1.44. The summed E-state index contributed by atoms with van der Waals surface area (Å²) in [4.78, 5) is 28.5. The number of aromatic nitrogens is 1. The van der Waals surface area contributed by atoms with E-state index in [0.717, 1.165) is 11.0 Å². The van der Waals surface area contributed by atoms with Crippen molar-refractivity contribution < 1.29 is 28.4 Å². The Morgan fingerprint density at radius 3 is 2.41 bits per heavy atom. The molecule has 1 saturated heterocycles. The molecule has 1 fully saturated rings. The number of hydrogen-bond donors (Lipinski definition) is 3. The lowest BCUT2D eigenvalue weighted by molar-refractivity contribution is 0.00578. The third-order valence-electron chi connectivity index (χ3n) is 6.81. The van der Waals surface area contributed by atoms with Crippen molar-refractivity contribution in [2.24, 2.45) is 0 Å². The molecule has 9 nitrogen and oxygen atoms in total. The standard InChI is InChI=1S/C27H32BN3O6/c1-26(2)27(3,4)37-28(36-26)20-13-8-12-19(16-20)23(32)31-21(14-9-15-29-25(33)34)24-30-17-22(35-24)18-10-6-5-7-11-18/h5-8,10-13,16-17,21,29H,9,14-15H2,1-4H3,(H,31,32)(H,33,34). The van der Waals surface area contributed by atoms with E-state index in [1.165, 1.54) is 0 Å². The Balaban J connectivity index is 1.51. The summed E-state index contributed by atoms with van der Waals surface area (Å²) in [5.41, 5.74) is 1.07. The molecule has 37 heavy (non-hydrogen) atoms. The zero-order valence-electron chi connectivity index (χ0n) is 21.5. The van der Waals surface area contributed by atoms with E-state index in [-0.39, 0.29) is 12.5 Å². The molecule has 0 saturated carbocycles. The van der Waals surface area contributed by atoms with Crippen molar-refractivity contribution in [2.45, 2.75) is 57.8 Å². The van der Waals surface area contributed by atoms with E-state index in [1.54, 1.807) is 24.4 Å². The molecule has 2 amide bonds. The molecule has 0 bridgehead atoms. The Morgan fingerprint density at radius 2 is 1.73 bits per heavy atom. The lowest BCUT2D eigenvalue weighted by Crippen LogP contribution is -2.41. The van der Waals surface area contributed by atoms with E-state index in [9.17, 15) is 9.59 Å². The number of rotatable bonds is 9. The van der Waals surface area contributed by atoms with Gasteiger partial charge in [0, 0.05) is 17.7 Å². The minimum atomic E-state index is -1.09. The van der Waals surface area contributed by atoms with Crippen LogP contribution in [0.4, 0.5) is 4.79 Å². The van der Waals surface area contributed by atoms with E-state index in [1.807, 2.05) is 64.1 Å². The van der Waals surface area contributed by atoms with Crippen molar-refractivity contribution in [3.63, 3.8) is 0 Å². The van der Waals surface area contributed by atoms with Crippen LogP contribution in [-0.2, 0) is 9.31 Å². The Morgan fingerprint density at radius 1 is 1.03 bits per heavy atom. The van der Waals surface area contributed by atoms with E-state index in [4.69, 9.17) is 18.8 Å². The summed E-state index contributed by atoms with van der Waals surface area (Å²) in [5, 5.41) is 14.2. The van der Waals surface area contributed by atoms with Crippen LogP contribution in [0.25, 0.3) is 11.3 Å². The first-order chi connectivity index (χ1) is 17.6. The summed E-state index contributed by atoms with van der Waals surface area (Å²) in [6, 6.07) is 16.1. The van der Waals surface area contributed by atoms with Gasteiger partial charge in [0.25, 0.3) is 5.91 Å². The summed E-state index contributed by atoms with van der Waals surface area (Å²) in [7, 11) is -0.587. The number of amides is 2. The highest BCUT2D eigenvalue weighted by atomic mass is 16.7. The van der Waals surface area contributed by atoms with E-state index < -0.39 is 30.5 Å². The molecule has 194 valence electrons. The number of hydrogen-bond acceptors (Lipinski definition) is 6. The molecule has 2 aromatic carbocycles. The van der Waals surface area contributed by atoms with Gasteiger partial charge < -0.3 is 29.5 Å². The Hall–Kier alpha value is -3.63. The first-order valence-electron chi connectivity index (χ1n) is 12.3. The lowest BCUT2D eigenvalue weighted by atomic mass is 9.78. The number of nitrogens with zero attached hydrogens (tertiary/aromatic N) is 1. The molecule has 0 spiro atoms. The van der Waals surface area contributed by atoms with Crippen LogP contribution in [-0.4, -0.2) is 47.0 Å². The summed E-state index contributed by atoms with van der Waals surface area (Å²) < 4.78 is 18.3. The first kappa shape index (κ1) is 26.4. The van der Waals surface area contributed by atoms with E-state index in [0.29, 0.717) is 30.1 Å². The van der Waals surface area contributed by atoms with Crippen molar-refractivity contribution >= 4 is 24.6 Å². The van der Waals surface area contributed by atoms with E-state index >= 15 is 0 Å². The fourth-order valence-corrected chi connectivity index (χ4v) is 3.99. The van der Waals surface area contributed by atoms with Crippen LogP contribution in [0.5, 0.6) is 0 Å². The predicted molar refractivity (Wildman–Crippen MR) is 140 cm³/mol. The van der Waals surface area contributed by atoms with Gasteiger partial charge >= 0.3 is 13.2 Å². The van der Waals surface area contributed by atoms with Gasteiger partial charge in [0.15, 0.2) is 5.76 Å². The minimum absolute atomic E-state index is 0.241. The number of oxazole rings is 1. The minimum Gasteiger partial charge on any atom is -0.465 e. The summed E-state index contributed by atoms with van der Waals surface area (Å²) in [6.45, 7) is 8.16. The monoisotopic (exact) mass is 505 g/mol. The largest absolute Gasteiger partial charge is 0.494 e. The smallest absolute Gasteiger partial charge is 0.465 e. The third-order valence-corrected chi connectivity index (χ3v) is 6.81. The molecule has 1 aliphatic rings. The highest BCUT2D eigenvalue weighted by Gasteiger charge is 2.51. The third kappa shape index (κ3) is 6.21. The van der Waals surface area contributed by atoms with Gasteiger partial charge in [-0.2, -0.15) is 0 Å². The van der Waals surface area contributed by atoms with Crippen LogP contribution >= 0.6 is 0 Å². The summed E-state index contributed by atoms with van der Waals surface area (Å²) in [5.74, 6) is 0.625. The molecule has 3 N–H and O–H groups in total. The average molecular weight is 505 g/mol. The summed E-state index contributed by atoms with van der Waals surface area (Å²) >= 11 is 0. The maximum Gasteiger partial charge on any atom is 0.494 e. The topological polar surface area (TPSA) is 123 Å². The van der Waals surface area contributed by atoms with Gasteiger partial charge in [0.1, 0.15) is 6.04 Å². The van der Waals surface area contributed by atoms with Crippen LogP contribution in [0.1, 0.15) is 62.8 Å². The zero-order valence-corrected chi connectivity index (χ0v) is 21.5. The second kappa shape index (κ2) is 10.8. The highest BCUT2D eigenvalue weighted by molar-refractivity contribution is 6.62. The predicted octanol–water partition coefficient (Wildman–Crippen LogP) is 4.16. The molecule has 1 aromatic heterocycles. The van der Waals surface area contributed by atoms with Crippen molar-refractivity contribution in [3.8, 4) is 11.3 Å². The van der Waals surface area contributed by atoms with Crippen LogP contribution in [0, 0.1) is 0 Å². The molecule has 4 rings (SSSR count). The second-order valence-corrected chi connectivity index (χ2v) is 10.0. The number of carbonyl (C=O) groups excluding carboxylic acids is 1. The molecule has 1 aliphatic heterocycles. The van der Waals surface area contributed by atoms with Crippen molar-refractivity contribution in [2.75, 3.05) is 6.54 Å². The molecule has 1 atom stereocenters. The van der Waals surface area contributed by atoms with Crippen LogP contribution in [0.2, 0.25) is 0 Å². The maximum atomic E-state index is 13.3. The van der Waals surface area contributed by atoms with Crippen molar-refractivity contribution in [3.05, 3.63) is 72.2 Å². The SMILES string of the molecule is CC1(C)OB(c2cccc(C(=O)NC(CCCNC(=O)O)c3ncc(-c4ccccc4)o3)c2)OC1(C)C. The van der Waals surface area contributed by atoms with Crippen molar-refractivity contribution in [1.29, 1.82) is 0 Å². The number of nitrogens with one attached hydrogen (secondary N) is 2. The molecule has 0 aliphatic carbocycles. The molecule has 2 heterocycles. The fourth-order valence-electron chi connectivity index (χ4n) is 3.99. The van der Waals surface area contributed by atoms with Gasteiger partial charge in [0.2, 0.25) is 5.89 Å².